The van der Waals surface area contributed by atoms with Crippen molar-refractivity contribution in [3.8, 4) is 0 Å². The maximum Gasteiger partial charge on any atom is 5.00 e. The summed E-state index contributed by atoms with van der Waals surface area (Å²) in [5, 5.41) is 0. The van der Waals surface area contributed by atoms with Crippen LogP contribution in [0, 0.1) is 0 Å². The normalized spacial score (nSPS) is 10.2. The summed E-state index contributed by atoms with van der Waals surface area (Å²) in [5.74, 6) is 0. The predicted octanol–water partition coefficient (Wildman–Crippen LogP) is -7.01. The molecule has 0 heterocycles. The summed E-state index contributed by atoms with van der Waals surface area (Å²) in [6.07, 6.45) is 0. The summed E-state index contributed by atoms with van der Waals surface area (Å²) < 4.78 is 102. The standard InChI is InChI=1S/K.3H2O4S.V/c;3*1-5(2,3)4;/h;3*(H2,1,2,3,4);/q+1;;;;+5/p-6. The second-order valence-corrected chi connectivity index (χ2v) is 3.67. The van der Waals surface area contributed by atoms with Gasteiger partial charge in [0.1, 0.15) is 0 Å². The third-order valence-corrected chi connectivity index (χ3v) is 0. The molecule has 0 atom stereocenters. The van der Waals surface area contributed by atoms with E-state index in [0.29, 0.717) is 0 Å². The SMILES string of the molecule is O=S(=O)([O-])[O-].O=S(=O)([O-])[O-].O=S(=O)([O-])[O-].[K+].[V+5]. The maximum absolute atomic E-state index is 8.52. The van der Waals surface area contributed by atoms with Crippen LogP contribution in [0.1, 0.15) is 0 Å². The Kier molecular flexibility index (Phi) is 23.6. The molecule has 0 saturated carbocycles. The van der Waals surface area contributed by atoms with Gasteiger partial charge in [-0.25, -0.2) is 0 Å². The van der Waals surface area contributed by atoms with E-state index < -0.39 is 31.2 Å². The van der Waals surface area contributed by atoms with Gasteiger partial charge < -0.3 is 27.3 Å². The smallest absolute Gasteiger partial charge is 0.759 e. The summed E-state index contributed by atoms with van der Waals surface area (Å²) in [4.78, 5) is 0. The quantitative estimate of drug-likeness (QED) is 0.217. The molecule has 0 aliphatic rings. The van der Waals surface area contributed by atoms with Crippen LogP contribution in [0.15, 0.2) is 0 Å². The molecule has 17 heteroatoms. The molecule has 0 aliphatic carbocycles. The fourth-order valence-electron chi connectivity index (χ4n) is 0. The molecule has 0 unspecified atom stereocenters. The molecule has 0 saturated heterocycles. The van der Waals surface area contributed by atoms with E-state index in [2.05, 4.69) is 0 Å². The fourth-order valence-corrected chi connectivity index (χ4v) is 0. The molecule has 0 amide bonds. The summed E-state index contributed by atoms with van der Waals surface area (Å²) in [5.41, 5.74) is 0. The van der Waals surface area contributed by atoms with Gasteiger partial charge in [0.05, 0.1) is 0 Å². The molecule has 12 nitrogen and oxygen atoms in total. The summed E-state index contributed by atoms with van der Waals surface area (Å²) >= 11 is 0. The Balaban J connectivity index is -0.0000000400. The fraction of sp³-hybridized carbons (Fsp3) is 0. The Morgan fingerprint density at radius 3 is 0.471 bits per heavy atom. The van der Waals surface area contributed by atoms with E-state index >= 15 is 0 Å². The molecule has 0 aliphatic heterocycles. The van der Waals surface area contributed by atoms with Gasteiger partial charge in [0.2, 0.25) is 0 Å². The van der Waals surface area contributed by atoms with Crippen molar-refractivity contribution in [1.82, 2.24) is 0 Å². The van der Waals surface area contributed by atoms with Crippen molar-refractivity contribution in [2.45, 2.75) is 0 Å². The van der Waals surface area contributed by atoms with Gasteiger partial charge >= 0.3 is 69.9 Å². The number of rotatable bonds is 0. The number of hydrogen-bond donors (Lipinski definition) is 0. The Hall–Kier alpha value is 1.83. The second-order valence-electron chi connectivity index (χ2n) is 1.22. The van der Waals surface area contributed by atoms with Crippen molar-refractivity contribution in [2.24, 2.45) is 0 Å². The predicted molar refractivity (Wildman–Crippen MR) is 31.4 cm³/mol. The van der Waals surface area contributed by atoms with Crippen molar-refractivity contribution < 1.29 is 123 Å². The van der Waals surface area contributed by atoms with Gasteiger partial charge in [-0.3, -0.25) is 25.3 Å². The zero-order valence-corrected chi connectivity index (χ0v) is 14.5. The monoisotopic (exact) mass is 378 g/mol. The molecule has 0 radical (unpaired) electrons. The van der Waals surface area contributed by atoms with E-state index in [-0.39, 0.29) is 69.9 Å². The van der Waals surface area contributed by atoms with E-state index in [4.69, 9.17) is 52.6 Å². The molecule has 0 aromatic heterocycles. The topological polar surface area (TPSA) is 241 Å². The van der Waals surface area contributed by atoms with Crippen molar-refractivity contribution >= 4 is 31.2 Å². The van der Waals surface area contributed by atoms with Crippen LogP contribution < -0.4 is 51.4 Å². The Morgan fingerprint density at radius 2 is 0.471 bits per heavy atom. The second kappa shape index (κ2) is 12.8. The van der Waals surface area contributed by atoms with Crippen LogP contribution in [-0.4, -0.2) is 52.6 Å². The van der Waals surface area contributed by atoms with Crippen molar-refractivity contribution in [1.29, 1.82) is 0 Å². The van der Waals surface area contributed by atoms with Gasteiger partial charge in [-0.1, -0.05) is 0 Å². The van der Waals surface area contributed by atoms with Crippen LogP contribution in [-0.2, 0) is 49.8 Å². The molecule has 0 aromatic carbocycles. The third-order valence-electron chi connectivity index (χ3n) is 0. The van der Waals surface area contributed by atoms with E-state index in [0.717, 1.165) is 0 Å². The summed E-state index contributed by atoms with van der Waals surface area (Å²) in [6.45, 7) is 0. The van der Waals surface area contributed by atoms with Crippen LogP contribution in [0.3, 0.4) is 0 Å². The minimum Gasteiger partial charge on any atom is -0.759 e. The first-order valence-corrected chi connectivity index (χ1v) is 6.00. The first-order chi connectivity index (χ1) is 6.00. The van der Waals surface area contributed by atoms with E-state index in [9.17, 15) is 0 Å². The van der Waals surface area contributed by atoms with Gasteiger partial charge in [-0.15, -0.1) is 0 Å². The minimum absolute atomic E-state index is 0. The maximum atomic E-state index is 8.52. The largest absolute Gasteiger partial charge is 5.00 e. The van der Waals surface area contributed by atoms with Gasteiger partial charge in [-0.2, -0.15) is 0 Å². The van der Waals surface area contributed by atoms with E-state index in [1.807, 2.05) is 0 Å². The van der Waals surface area contributed by atoms with Crippen LogP contribution in [0.4, 0.5) is 0 Å². The van der Waals surface area contributed by atoms with Gasteiger partial charge in [0.25, 0.3) is 0 Å². The minimum atomic E-state index is -5.17. The Morgan fingerprint density at radius 1 is 0.471 bits per heavy atom. The molecule has 0 rings (SSSR count). The van der Waals surface area contributed by atoms with E-state index in [1.165, 1.54) is 0 Å². The Labute approximate surface area is 151 Å². The van der Waals surface area contributed by atoms with E-state index in [1.54, 1.807) is 0 Å². The zero-order valence-electron chi connectivity index (χ0n) is 7.57. The van der Waals surface area contributed by atoms with Crippen molar-refractivity contribution in [3.05, 3.63) is 0 Å². The van der Waals surface area contributed by atoms with Crippen LogP contribution >= 0.6 is 0 Å². The van der Waals surface area contributed by atoms with Crippen LogP contribution in [0.2, 0.25) is 0 Å². The van der Waals surface area contributed by atoms with Crippen molar-refractivity contribution in [3.63, 3.8) is 0 Å². The van der Waals surface area contributed by atoms with Gasteiger partial charge in [0.15, 0.2) is 0 Å². The zero-order chi connectivity index (χ0) is 13.5. The average molecular weight is 378 g/mol. The average Bonchev–Trinajstić information content (AvgIpc) is 1.41. The van der Waals surface area contributed by atoms with Crippen LogP contribution in [0.25, 0.3) is 0 Å². The molecule has 0 N–H and O–H groups in total. The summed E-state index contributed by atoms with van der Waals surface area (Å²) in [6, 6.07) is 0. The van der Waals surface area contributed by atoms with Gasteiger partial charge in [0, 0.05) is 31.2 Å². The van der Waals surface area contributed by atoms with Gasteiger partial charge in [-0.05, 0) is 0 Å². The first-order valence-electron chi connectivity index (χ1n) is 2.00. The molecule has 96 valence electrons. The third kappa shape index (κ3) is 1330. The molecule has 0 bridgehead atoms. The molecular formula is KO12S3V. The summed E-state index contributed by atoms with van der Waals surface area (Å²) in [7, 11) is -15.5. The molecule has 0 spiro atoms. The molecule has 0 aromatic rings. The molecule has 17 heavy (non-hydrogen) atoms. The first kappa shape index (κ1) is 31.3. The Bertz CT molecular complexity index is 343. The van der Waals surface area contributed by atoms with Crippen LogP contribution in [0.5, 0.6) is 0 Å². The number of hydrogen-bond acceptors (Lipinski definition) is 12. The molecule has 0 fully saturated rings. The molecular weight excluding hydrogens is 378 g/mol. The van der Waals surface area contributed by atoms with Crippen molar-refractivity contribution in [2.75, 3.05) is 0 Å².